The SMILES string of the molecule is N#Cc1ccc(-c2cc3c4cc5ccc(-n6c7ccccc7c7ccccc76)cc5cc4n4c5cc6cc(-n7c8ccccc8c8ccccc87)ccc6cc5c(c2)c34)cc1. The lowest BCUT2D eigenvalue weighted by molar-refractivity contribution is 1.19. The van der Waals surface area contributed by atoms with E-state index in [1.54, 1.807) is 0 Å². The lowest BCUT2D eigenvalue weighted by atomic mass is 9.97. The van der Waals surface area contributed by atoms with E-state index in [1.165, 1.54) is 103 Å². The molecule has 0 saturated carbocycles. The van der Waals surface area contributed by atoms with Gasteiger partial charge in [0.2, 0.25) is 0 Å². The van der Waals surface area contributed by atoms with Gasteiger partial charge in [0.1, 0.15) is 0 Å². The third-order valence-corrected chi connectivity index (χ3v) is 13.3. The van der Waals surface area contributed by atoms with Gasteiger partial charge in [-0.2, -0.15) is 5.26 Å². The van der Waals surface area contributed by atoms with Crippen LogP contribution >= 0.6 is 0 Å². The van der Waals surface area contributed by atoms with E-state index >= 15 is 0 Å². The van der Waals surface area contributed by atoms with Gasteiger partial charge in [-0.25, -0.2) is 0 Å². The Hall–Kier alpha value is -8.39. The molecule has 0 aliphatic heterocycles. The highest BCUT2D eigenvalue weighted by atomic mass is 15.0. The average Bonchev–Trinajstić information content (AvgIpc) is 4.03. The molecule has 0 amide bonds. The van der Waals surface area contributed by atoms with E-state index in [2.05, 4.69) is 202 Å². The first-order valence-electron chi connectivity index (χ1n) is 20.8. The number of hydrogen-bond acceptors (Lipinski definition) is 1. The van der Waals surface area contributed by atoms with Crippen molar-refractivity contribution in [3.05, 3.63) is 200 Å². The number of nitriles is 1. The second-order valence-corrected chi connectivity index (χ2v) is 16.5. The van der Waals surface area contributed by atoms with Crippen LogP contribution in [0.1, 0.15) is 5.56 Å². The Morgan fingerprint density at radius 2 is 0.738 bits per heavy atom. The molecule has 0 atom stereocenters. The Kier molecular flexibility index (Phi) is 6.33. The summed E-state index contributed by atoms with van der Waals surface area (Å²) in [5.74, 6) is 0. The normalized spacial score (nSPS) is 12.2. The van der Waals surface area contributed by atoms with Gasteiger partial charge >= 0.3 is 0 Å². The molecule has 14 aromatic rings. The second kappa shape index (κ2) is 11.9. The van der Waals surface area contributed by atoms with E-state index < -0.39 is 0 Å². The monoisotopic (exact) mass is 772 g/mol. The van der Waals surface area contributed by atoms with Crippen LogP contribution in [0.25, 0.3) is 126 Å². The van der Waals surface area contributed by atoms with E-state index in [9.17, 15) is 5.26 Å². The predicted molar refractivity (Wildman–Crippen MR) is 255 cm³/mol. The van der Waals surface area contributed by atoms with Crippen molar-refractivity contribution in [1.29, 1.82) is 5.26 Å². The summed E-state index contributed by atoms with van der Waals surface area (Å²) in [6.45, 7) is 0. The summed E-state index contributed by atoms with van der Waals surface area (Å²) in [4.78, 5) is 0. The number of rotatable bonds is 3. The molecule has 0 aliphatic carbocycles. The van der Waals surface area contributed by atoms with Gasteiger partial charge in [0.25, 0.3) is 0 Å². The van der Waals surface area contributed by atoms with E-state index in [-0.39, 0.29) is 0 Å². The highest BCUT2D eigenvalue weighted by molar-refractivity contribution is 6.27. The first kappa shape index (κ1) is 32.6. The quantitative estimate of drug-likeness (QED) is 0.176. The fraction of sp³-hybridized carbons (Fsp3) is 0. The van der Waals surface area contributed by atoms with E-state index in [0.717, 1.165) is 22.5 Å². The minimum absolute atomic E-state index is 0.662. The zero-order chi connectivity index (χ0) is 39.9. The summed E-state index contributed by atoms with van der Waals surface area (Å²) in [6.07, 6.45) is 0. The summed E-state index contributed by atoms with van der Waals surface area (Å²) >= 11 is 0. The first-order chi connectivity index (χ1) is 30.2. The van der Waals surface area contributed by atoms with Crippen LogP contribution in [0, 0.1) is 11.3 Å². The Balaban J connectivity index is 1.06. The van der Waals surface area contributed by atoms with E-state index in [4.69, 9.17) is 0 Å². The fourth-order valence-corrected chi connectivity index (χ4v) is 10.6. The van der Waals surface area contributed by atoms with E-state index in [1.807, 2.05) is 12.1 Å². The van der Waals surface area contributed by atoms with Crippen LogP contribution in [0.5, 0.6) is 0 Å². The molecule has 4 aromatic heterocycles. The van der Waals surface area contributed by atoms with Gasteiger partial charge in [-0.3, -0.25) is 0 Å². The van der Waals surface area contributed by atoms with Crippen LogP contribution in [-0.2, 0) is 0 Å². The van der Waals surface area contributed by atoms with Crippen molar-refractivity contribution in [2.45, 2.75) is 0 Å². The van der Waals surface area contributed by atoms with Gasteiger partial charge in [-0.05, 0) is 130 Å². The number of para-hydroxylation sites is 4. The first-order valence-corrected chi connectivity index (χ1v) is 20.8. The third kappa shape index (κ3) is 4.42. The Labute approximate surface area is 348 Å². The molecule has 0 unspecified atom stereocenters. The maximum Gasteiger partial charge on any atom is 0.0991 e. The molecule has 0 bridgehead atoms. The highest BCUT2D eigenvalue weighted by Crippen LogP contribution is 2.45. The molecule has 280 valence electrons. The van der Waals surface area contributed by atoms with Crippen LogP contribution in [0.15, 0.2) is 194 Å². The Bertz CT molecular complexity index is 3880. The Morgan fingerprint density at radius 3 is 1.16 bits per heavy atom. The van der Waals surface area contributed by atoms with Crippen LogP contribution in [0.4, 0.5) is 0 Å². The smallest absolute Gasteiger partial charge is 0.0991 e. The number of nitrogens with zero attached hydrogens (tertiary/aromatic N) is 4. The molecular formula is C57H32N4. The maximum atomic E-state index is 9.58. The molecule has 0 aliphatic rings. The van der Waals surface area contributed by atoms with Crippen LogP contribution in [0.3, 0.4) is 0 Å². The summed E-state index contributed by atoms with van der Waals surface area (Å²) in [7, 11) is 0. The van der Waals surface area contributed by atoms with Crippen LogP contribution < -0.4 is 0 Å². The zero-order valence-electron chi connectivity index (χ0n) is 32.8. The molecule has 0 saturated heterocycles. The van der Waals surface area contributed by atoms with Crippen LogP contribution in [0.2, 0.25) is 0 Å². The van der Waals surface area contributed by atoms with Crippen molar-refractivity contribution in [2.24, 2.45) is 0 Å². The van der Waals surface area contributed by atoms with Gasteiger partial charge in [-0.1, -0.05) is 97.1 Å². The minimum Gasteiger partial charge on any atom is -0.309 e. The molecule has 4 heteroatoms. The van der Waals surface area contributed by atoms with Crippen LogP contribution in [-0.4, -0.2) is 13.5 Å². The molecule has 4 heterocycles. The lowest BCUT2D eigenvalue weighted by Gasteiger charge is -2.11. The average molecular weight is 773 g/mol. The van der Waals surface area contributed by atoms with Gasteiger partial charge in [-0.15, -0.1) is 0 Å². The lowest BCUT2D eigenvalue weighted by Crippen LogP contribution is -1.94. The standard InChI is InChI=1S/C57H32N4/c58-33-34-17-19-35(20-18-34)40-29-49-47-27-36-21-23-41(59-51-13-5-1-9-43(51)44-10-2-6-14-52(44)59)25-38(36)31-55(47)61-56-32-39-26-42(24-22-37(39)28-48(56)50(30-40)57(49)61)60-53-15-7-3-11-45(53)46-12-4-8-16-54(46)60/h1-32H. The van der Waals surface area contributed by atoms with Crippen molar-refractivity contribution >= 4 is 103 Å². The predicted octanol–water partition coefficient (Wildman–Crippen LogP) is 14.9. The molecule has 10 aromatic carbocycles. The van der Waals surface area contributed by atoms with Gasteiger partial charge in [0.05, 0.1) is 50.2 Å². The van der Waals surface area contributed by atoms with Gasteiger partial charge in [0.15, 0.2) is 0 Å². The Morgan fingerprint density at radius 1 is 0.311 bits per heavy atom. The molecule has 0 N–H and O–H groups in total. The molecule has 61 heavy (non-hydrogen) atoms. The summed E-state index contributed by atoms with van der Waals surface area (Å²) < 4.78 is 7.32. The molecule has 0 spiro atoms. The van der Waals surface area contributed by atoms with Crippen molar-refractivity contribution < 1.29 is 0 Å². The minimum atomic E-state index is 0.662. The molecular weight excluding hydrogens is 741 g/mol. The number of fused-ring (bicyclic) bond motifs is 14. The zero-order valence-corrected chi connectivity index (χ0v) is 32.8. The largest absolute Gasteiger partial charge is 0.309 e. The van der Waals surface area contributed by atoms with Crippen molar-refractivity contribution in [1.82, 2.24) is 13.5 Å². The number of benzene rings is 10. The van der Waals surface area contributed by atoms with Crippen molar-refractivity contribution in [3.8, 4) is 28.6 Å². The molecule has 0 fully saturated rings. The second-order valence-electron chi connectivity index (χ2n) is 16.5. The summed E-state index contributed by atoms with van der Waals surface area (Å²) in [6, 6.07) is 73.2. The topological polar surface area (TPSA) is 38.1 Å². The molecule has 14 rings (SSSR count). The van der Waals surface area contributed by atoms with Gasteiger partial charge in [0, 0.05) is 54.5 Å². The summed E-state index contributed by atoms with van der Waals surface area (Å²) in [5.41, 5.74) is 13.6. The fourth-order valence-electron chi connectivity index (χ4n) is 10.6. The number of hydrogen-bond donors (Lipinski definition) is 0. The highest BCUT2D eigenvalue weighted by Gasteiger charge is 2.21. The maximum absolute atomic E-state index is 9.58. The van der Waals surface area contributed by atoms with Gasteiger partial charge < -0.3 is 13.5 Å². The third-order valence-electron chi connectivity index (χ3n) is 13.3. The van der Waals surface area contributed by atoms with E-state index in [0.29, 0.717) is 5.56 Å². The van der Waals surface area contributed by atoms with Crippen molar-refractivity contribution in [2.75, 3.05) is 0 Å². The molecule has 0 radical (unpaired) electrons. The molecule has 4 nitrogen and oxygen atoms in total. The summed E-state index contributed by atoms with van der Waals surface area (Å²) in [5, 5.41) is 24.3. The van der Waals surface area contributed by atoms with Crippen molar-refractivity contribution in [3.63, 3.8) is 0 Å². The number of aromatic nitrogens is 3.